The van der Waals surface area contributed by atoms with Crippen LogP contribution in [0.1, 0.15) is 27.2 Å². The second-order valence-corrected chi connectivity index (χ2v) is 8.16. The number of amides is 3. The van der Waals surface area contributed by atoms with Crippen molar-refractivity contribution in [3.05, 3.63) is 11.6 Å². The van der Waals surface area contributed by atoms with Gasteiger partial charge in [-0.2, -0.15) is 13.5 Å². The van der Waals surface area contributed by atoms with Gasteiger partial charge < -0.3 is 20.5 Å². The fourth-order valence-electron chi connectivity index (χ4n) is 2.89. The summed E-state index contributed by atoms with van der Waals surface area (Å²) < 4.78 is 40.6. The normalized spacial score (nSPS) is 24.2. The van der Waals surface area contributed by atoms with Crippen LogP contribution >= 0.6 is 0 Å². The average molecular weight is 408 g/mol. The van der Waals surface area contributed by atoms with Gasteiger partial charge in [-0.25, -0.2) is 4.79 Å². The molecule has 0 aromatic carbocycles. The van der Waals surface area contributed by atoms with Crippen LogP contribution in [0.15, 0.2) is 11.6 Å². The van der Waals surface area contributed by atoms with Crippen LogP contribution in [-0.4, -0.2) is 77.2 Å². The first-order valence-electron chi connectivity index (χ1n) is 8.14. The number of hydrogen-bond acceptors (Lipinski definition) is 8. The zero-order chi connectivity index (χ0) is 20.6. The smallest absolute Gasteiger partial charge is 0.368 e. The minimum atomic E-state index is -4.94. The first-order valence-corrected chi connectivity index (χ1v) is 9.51. The number of primary amides is 1. The van der Waals surface area contributed by atoms with Crippen molar-refractivity contribution >= 4 is 22.3 Å². The molecule has 0 aliphatic carbocycles. The number of nitrogens with zero attached hydrogens (tertiary/aromatic N) is 2. The Balaban J connectivity index is 2.11. The van der Waals surface area contributed by atoms with Crippen LogP contribution in [0.25, 0.3) is 0 Å². The van der Waals surface area contributed by atoms with Crippen molar-refractivity contribution in [1.29, 1.82) is 0 Å². The Morgan fingerprint density at radius 2 is 2.11 bits per heavy atom. The van der Waals surface area contributed by atoms with Crippen LogP contribution in [0.2, 0.25) is 0 Å². The van der Waals surface area contributed by atoms with E-state index in [0.29, 0.717) is 10.6 Å². The van der Waals surface area contributed by atoms with Gasteiger partial charge in [0.15, 0.2) is 0 Å². The van der Waals surface area contributed by atoms with Crippen molar-refractivity contribution in [2.45, 2.75) is 51.3 Å². The van der Waals surface area contributed by atoms with E-state index in [1.54, 1.807) is 20.8 Å². The van der Waals surface area contributed by atoms with E-state index in [0.717, 1.165) is 4.90 Å². The molecule has 1 saturated heterocycles. The molecule has 1 fully saturated rings. The van der Waals surface area contributed by atoms with Gasteiger partial charge in [0.25, 0.3) is 0 Å². The molecule has 3 atom stereocenters. The Morgan fingerprint density at radius 3 is 2.63 bits per heavy atom. The quantitative estimate of drug-likeness (QED) is 0.216. The summed E-state index contributed by atoms with van der Waals surface area (Å²) in [6, 6.07) is -2.82. The van der Waals surface area contributed by atoms with E-state index in [4.69, 9.17) is 15.0 Å². The lowest BCUT2D eigenvalue weighted by molar-refractivity contribution is -0.181. The lowest BCUT2D eigenvalue weighted by Gasteiger charge is -2.28. The van der Waals surface area contributed by atoms with Crippen LogP contribution in [0.5, 0.6) is 0 Å². The number of aliphatic hydroxyl groups is 1. The van der Waals surface area contributed by atoms with Gasteiger partial charge in [-0.3, -0.25) is 14.7 Å². The molecule has 154 valence electrons. The molecule has 0 radical (unpaired) electrons. The van der Waals surface area contributed by atoms with Crippen molar-refractivity contribution in [3.63, 3.8) is 0 Å². The Kier molecular flexibility index (Phi) is 6.13. The van der Waals surface area contributed by atoms with E-state index in [1.165, 1.54) is 6.08 Å². The number of ether oxygens (including phenoxy) is 1. The molecule has 0 aromatic rings. The number of urea groups is 1. The number of fused-ring (bicyclic) bond motifs is 2. The molecular formula is C14H24N4O8S. The number of carbonyl (C=O) groups excluding carboxylic acids is 2. The van der Waals surface area contributed by atoms with Gasteiger partial charge >= 0.3 is 16.4 Å². The van der Waals surface area contributed by atoms with Gasteiger partial charge in [0.1, 0.15) is 12.1 Å². The summed E-state index contributed by atoms with van der Waals surface area (Å²) in [4.78, 5) is 25.0. The highest BCUT2D eigenvalue weighted by Gasteiger charge is 2.49. The summed E-state index contributed by atoms with van der Waals surface area (Å²) in [5.41, 5.74) is 5.22. The molecule has 0 aromatic heterocycles. The lowest BCUT2D eigenvalue weighted by atomic mass is 9.97. The van der Waals surface area contributed by atoms with Crippen molar-refractivity contribution in [2.24, 2.45) is 5.73 Å². The maximum absolute atomic E-state index is 12.3. The summed E-state index contributed by atoms with van der Waals surface area (Å²) in [5, 5.41) is 13.0. The third-order valence-electron chi connectivity index (χ3n) is 3.89. The standard InChI is InChI=1S/C14H24N4O8S/c1-14(2,3)25-12(20)16-5-4-8-6-9(11(15)19)17-7-10(8)18(13(17)21)26-27(22,23)24/h6,9-10,12,16,20H,4-5,7H2,1-3H3,(H2,15,19)(H,22,23,24). The predicted molar refractivity (Wildman–Crippen MR) is 90.9 cm³/mol. The molecule has 13 heteroatoms. The molecule has 2 rings (SSSR count). The maximum atomic E-state index is 12.3. The highest BCUT2D eigenvalue weighted by Crippen LogP contribution is 2.32. The van der Waals surface area contributed by atoms with Crippen LogP contribution in [0.3, 0.4) is 0 Å². The molecule has 3 amide bonds. The summed E-state index contributed by atoms with van der Waals surface area (Å²) in [7, 11) is -4.94. The van der Waals surface area contributed by atoms with Gasteiger partial charge in [0.05, 0.1) is 12.1 Å². The molecule has 5 N–H and O–H groups in total. The first kappa shape index (κ1) is 21.5. The van der Waals surface area contributed by atoms with Crippen LogP contribution in [-0.2, 0) is 24.2 Å². The van der Waals surface area contributed by atoms with Gasteiger partial charge in [-0.1, -0.05) is 6.08 Å². The summed E-state index contributed by atoms with van der Waals surface area (Å²) >= 11 is 0. The third kappa shape index (κ3) is 5.60. The Bertz CT molecular complexity index is 732. The summed E-state index contributed by atoms with van der Waals surface area (Å²) in [6.45, 7) is 5.46. The molecule has 2 bridgehead atoms. The molecule has 3 unspecified atom stereocenters. The largest absolute Gasteiger partial charge is 0.418 e. The molecular weight excluding hydrogens is 384 g/mol. The molecule has 0 saturated carbocycles. The number of rotatable bonds is 8. The van der Waals surface area contributed by atoms with Crippen molar-refractivity contribution in [1.82, 2.24) is 15.3 Å². The van der Waals surface area contributed by atoms with Crippen LogP contribution in [0, 0.1) is 0 Å². The second kappa shape index (κ2) is 7.69. The molecule has 12 nitrogen and oxygen atoms in total. The minimum absolute atomic E-state index is 0.0329. The van der Waals surface area contributed by atoms with Gasteiger partial charge in [-0.05, 0) is 32.8 Å². The topological polar surface area (TPSA) is 172 Å². The fraction of sp³-hybridized carbons (Fsp3) is 0.714. The number of hydrogen-bond donors (Lipinski definition) is 4. The minimum Gasteiger partial charge on any atom is -0.368 e. The monoisotopic (exact) mass is 408 g/mol. The number of nitrogens with two attached hydrogens (primary N) is 1. The van der Waals surface area contributed by atoms with E-state index < -0.39 is 46.4 Å². The first-order chi connectivity index (χ1) is 12.3. The van der Waals surface area contributed by atoms with E-state index in [2.05, 4.69) is 9.60 Å². The Labute approximate surface area is 156 Å². The highest BCUT2D eigenvalue weighted by atomic mass is 32.3. The second-order valence-electron chi connectivity index (χ2n) is 7.15. The number of aliphatic hydroxyl groups excluding tert-OH is 1. The van der Waals surface area contributed by atoms with Crippen molar-refractivity contribution in [3.8, 4) is 0 Å². The molecule has 2 aliphatic heterocycles. The highest BCUT2D eigenvalue weighted by molar-refractivity contribution is 7.80. The van der Waals surface area contributed by atoms with E-state index in [1.807, 2.05) is 0 Å². The van der Waals surface area contributed by atoms with Gasteiger partial charge in [0.2, 0.25) is 12.3 Å². The Morgan fingerprint density at radius 1 is 1.48 bits per heavy atom. The van der Waals surface area contributed by atoms with Crippen LogP contribution in [0.4, 0.5) is 4.79 Å². The summed E-state index contributed by atoms with van der Waals surface area (Å²) in [6.07, 6.45) is 0.430. The molecule has 2 heterocycles. The summed E-state index contributed by atoms with van der Waals surface area (Å²) in [5.74, 6) is -0.794. The number of nitrogens with one attached hydrogen (secondary N) is 1. The van der Waals surface area contributed by atoms with Crippen molar-refractivity contribution in [2.75, 3.05) is 13.1 Å². The third-order valence-corrected chi connectivity index (χ3v) is 4.24. The SMILES string of the molecule is CC(C)(C)OC(O)NCCC1=CC(C(N)=O)N2CC1N(OS(=O)(=O)O)C2=O. The van der Waals surface area contributed by atoms with Gasteiger partial charge in [-0.15, -0.1) is 4.28 Å². The molecule has 0 spiro atoms. The zero-order valence-corrected chi connectivity index (χ0v) is 16.0. The maximum Gasteiger partial charge on any atom is 0.418 e. The molecule has 27 heavy (non-hydrogen) atoms. The Hall–Kier alpha value is -1.77. The lowest BCUT2D eigenvalue weighted by Crippen LogP contribution is -2.47. The van der Waals surface area contributed by atoms with Gasteiger partial charge in [0, 0.05) is 6.54 Å². The molecule has 2 aliphatic rings. The van der Waals surface area contributed by atoms with Crippen molar-refractivity contribution < 1.29 is 36.7 Å². The van der Waals surface area contributed by atoms with E-state index in [-0.39, 0.29) is 19.5 Å². The van der Waals surface area contributed by atoms with E-state index >= 15 is 0 Å². The predicted octanol–water partition coefficient (Wildman–Crippen LogP) is -1.31. The van der Waals surface area contributed by atoms with Crippen LogP contribution < -0.4 is 11.1 Å². The fourth-order valence-corrected chi connectivity index (χ4v) is 3.26. The average Bonchev–Trinajstić information content (AvgIpc) is 2.72. The number of hydroxylamine groups is 2. The number of carbonyl (C=O) groups is 2. The van der Waals surface area contributed by atoms with E-state index in [9.17, 15) is 23.1 Å². The zero-order valence-electron chi connectivity index (χ0n) is 15.2.